The van der Waals surface area contributed by atoms with E-state index in [9.17, 15) is 9.90 Å². The second kappa shape index (κ2) is 6.86. The molecule has 136 valence electrons. The first-order valence-electron chi connectivity index (χ1n) is 9.48. The van der Waals surface area contributed by atoms with Gasteiger partial charge in [-0.05, 0) is 55.0 Å². The number of hydrogen-bond acceptors (Lipinski definition) is 4. The highest BCUT2D eigenvalue weighted by Crippen LogP contribution is 2.34. The van der Waals surface area contributed by atoms with E-state index in [1.165, 1.54) is 0 Å². The summed E-state index contributed by atoms with van der Waals surface area (Å²) in [5.74, 6) is 0.296. The number of rotatable bonds is 3. The monoisotopic (exact) mass is 350 g/mol. The number of benzene rings is 2. The lowest BCUT2D eigenvalue weighted by Crippen LogP contribution is -2.45. The highest BCUT2D eigenvalue weighted by molar-refractivity contribution is 6.00. The maximum absolute atomic E-state index is 12.8. The zero-order valence-corrected chi connectivity index (χ0v) is 15.0. The molecule has 0 aromatic heterocycles. The molecule has 0 amide bonds. The number of aliphatic hydroxyl groups is 1. The van der Waals surface area contributed by atoms with Gasteiger partial charge in [-0.15, -0.1) is 0 Å². The van der Waals surface area contributed by atoms with Crippen molar-refractivity contribution < 1.29 is 9.90 Å². The van der Waals surface area contributed by atoms with Crippen LogP contribution in [0.5, 0.6) is 0 Å². The van der Waals surface area contributed by atoms with Gasteiger partial charge in [0.1, 0.15) is 0 Å². The van der Waals surface area contributed by atoms with E-state index in [0.29, 0.717) is 12.8 Å². The summed E-state index contributed by atoms with van der Waals surface area (Å²) in [5, 5.41) is 11.0. The van der Waals surface area contributed by atoms with Gasteiger partial charge in [0, 0.05) is 36.8 Å². The van der Waals surface area contributed by atoms with Gasteiger partial charge in [-0.2, -0.15) is 0 Å². The smallest absolute Gasteiger partial charge is 0.167 e. The lowest BCUT2D eigenvalue weighted by Gasteiger charge is -2.40. The number of nitrogen functional groups attached to an aromatic ring is 1. The van der Waals surface area contributed by atoms with E-state index in [1.54, 1.807) is 0 Å². The third-order valence-corrected chi connectivity index (χ3v) is 6.00. The van der Waals surface area contributed by atoms with Crippen LogP contribution in [0.25, 0.3) is 0 Å². The molecule has 0 bridgehead atoms. The number of Topliss-reactive ketones (excluding diaryl/α,β-unsaturated/α-hetero) is 1. The molecule has 4 nitrogen and oxygen atoms in total. The van der Waals surface area contributed by atoms with E-state index in [1.807, 2.05) is 48.5 Å². The Kier molecular flexibility index (Phi) is 4.55. The SMILES string of the molecule is Nc1ccc2c(c1)CCC(CN1CCC(O)(c3ccccc3)CC1)C2=O. The molecule has 4 heteroatoms. The van der Waals surface area contributed by atoms with Gasteiger partial charge in [-0.25, -0.2) is 0 Å². The molecule has 1 aliphatic heterocycles. The predicted octanol–water partition coefficient (Wildman–Crippen LogP) is 3.00. The van der Waals surface area contributed by atoms with Gasteiger partial charge in [0.05, 0.1) is 5.60 Å². The van der Waals surface area contributed by atoms with Crippen molar-refractivity contribution in [2.45, 2.75) is 31.3 Å². The summed E-state index contributed by atoms with van der Waals surface area (Å²) in [6, 6.07) is 15.6. The number of fused-ring (bicyclic) bond motifs is 1. The Bertz CT molecular complexity index is 795. The Morgan fingerprint density at radius 2 is 1.85 bits per heavy atom. The number of hydrogen-bond donors (Lipinski definition) is 2. The molecule has 1 aliphatic carbocycles. The van der Waals surface area contributed by atoms with Crippen LogP contribution in [0.4, 0.5) is 5.69 Å². The lowest BCUT2D eigenvalue weighted by atomic mass is 9.81. The number of nitrogens with two attached hydrogens (primary N) is 1. The molecule has 0 spiro atoms. The third kappa shape index (κ3) is 3.27. The maximum Gasteiger partial charge on any atom is 0.167 e. The number of likely N-dealkylation sites (tertiary alicyclic amines) is 1. The molecule has 4 rings (SSSR count). The molecular weight excluding hydrogens is 324 g/mol. The van der Waals surface area contributed by atoms with E-state index in [0.717, 1.165) is 54.9 Å². The largest absolute Gasteiger partial charge is 0.399 e. The molecule has 2 aromatic rings. The normalized spacial score (nSPS) is 22.8. The van der Waals surface area contributed by atoms with Gasteiger partial charge in [0.15, 0.2) is 5.78 Å². The first kappa shape index (κ1) is 17.3. The van der Waals surface area contributed by atoms with E-state index < -0.39 is 5.60 Å². The minimum atomic E-state index is -0.738. The van der Waals surface area contributed by atoms with Crippen molar-refractivity contribution in [1.29, 1.82) is 0 Å². The Labute approximate surface area is 154 Å². The number of piperidine rings is 1. The van der Waals surface area contributed by atoms with Gasteiger partial charge in [0.2, 0.25) is 0 Å². The van der Waals surface area contributed by atoms with Crippen molar-refractivity contribution in [1.82, 2.24) is 4.90 Å². The fourth-order valence-electron chi connectivity index (χ4n) is 4.37. The summed E-state index contributed by atoms with van der Waals surface area (Å²) in [6.07, 6.45) is 3.23. The summed E-state index contributed by atoms with van der Waals surface area (Å²) in [7, 11) is 0. The van der Waals surface area contributed by atoms with Crippen LogP contribution < -0.4 is 5.73 Å². The van der Waals surface area contributed by atoms with Crippen LogP contribution in [0.15, 0.2) is 48.5 Å². The molecule has 2 aromatic carbocycles. The second-order valence-corrected chi connectivity index (χ2v) is 7.71. The van der Waals surface area contributed by atoms with E-state index in [4.69, 9.17) is 5.73 Å². The molecule has 1 atom stereocenters. The van der Waals surface area contributed by atoms with Crippen LogP contribution in [0.2, 0.25) is 0 Å². The first-order valence-corrected chi connectivity index (χ1v) is 9.48. The highest BCUT2D eigenvalue weighted by atomic mass is 16.3. The Balaban J connectivity index is 1.39. The topological polar surface area (TPSA) is 66.6 Å². The number of nitrogens with zero attached hydrogens (tertiary/aromatic N) is 1. The summed E-state index contributed by atoms with van der Waals surface area (Å²) >= 11 is 0. The van der Waals surface area contributed by atoms with Crippen LogP contribution in [0.3, 0.4) is 0 Å². The molecule has 1 fully saturated rings. The molecule has 2 aliphatic rings. The molecule has 26 heavy (non-hydrogen) atoms. The van der Waals surface area contributed by atoms with Gasteiger partial charge in [-0.1, -0.05) is 30.3 Å². The number of carbonyl (C=O) groups is 1. The van der Waals surface area contributed by atoms with Crippen LogP contribution in [-0.2, 0) is 12.0 Å². The van der Waals surface area contributed by atoms with E-state index in [-0.39, 0.29) is 11.7 Å². The number of aryl methyl sites for hydroxylation is 1. The molecule has 1 unspecified atom stereocenters. The van der Waals surface area contributed by atoms with Crippen LogP contribution in [0.1, 0.15) is 40.7 Å². The minimum Gasteiger partial charge on any atom is -0.399 e. The Morgan fingerprint density at radius 3 is 2.58 bits per heavy atom. The summed E-state index contributed by atoms with van der Waals surface area (Å²) in [4.78, 5) is 15.2. The fraction of sp³-hybridized carbons (Fsp3) is 0.409. The Hall–Kier alpha value is -2.17. The van der Waals surface area contributed by atoms with Gasteiger partial charge in [0.25, 0.3) is 0 Å². The van der Waals surface area contributed by atoms with Crippen LogP contribution in [0, 0.1) is 5.92 Å². The van der Waals surface area contributed by atoms with Crippen molar-refractivity contribution in [3.63, 3.8) is 0 Å². The van der Waals surface area contributed by atoms with Gasteiger partial charge in [-0.3, -0.25) is 4.79 Å². The first-order chi connectivity index (χ1) is 12.5. The van der Waals surface area contributed by atoms with E-state index in [2.05, 4.69) is 4.90 Å². The maximum atomic E-state index is 12.8. The lowest BCUT2D eigenvalue weighted by molar-refractivity contribution is -0.0283. The average molecular weight is 350 g/mol. The average Bonchev–Trinajstić information content (AvgIpc) is 2.66. The molecule has 0 saturated carbocycles. The van der Waals surface area contributed by atoms with E-state index >= 15 is 0 Å². The van der Waals surface area contributed by atoms with Crippen molar-refractivity contribution >= 4 is 11.5 Å². The number of anilines is 1. The highest BCUT2D eigenvalue weighted by Gasteiger charge is 2.36. The number of ketones is 1. The van der Waals surface area contributed by atoms with Crippen LogP contribution >= 0.6 is 0 Å². The van der Waals surface area contributed by atoms with Gasteiger partial charge >= 0.3 is 0 Å². The number of carbonyl (C=O) groups excluding carboxylic acids is 1. The Morgan fingerprint density at radius 1 is 1.12 bits per heavy atom. The van der Waals surface area contributed by atoms with Crippen molar-refractivity contribution in [3.05, 3.63) is 65.2 Å². The van der Waals surface area contributed by atoms with Gasteiger partial charge < -0.3 is 15.7 Å². The van der Waals surface area contributed by atoms with Crippen molar-refractivity contribution in [2.24, 2.45) is 5.92 Å². The van der Waals surface area contributed by atoms with Crippen molar-refractivity contribution in [2.75, 3.05) is 25.4 Å². The molecule has 1 saturated heterocycles. The molecular formula is C22H26N2O2. The summed E-state index contributed by atoms with van der Waals surface area (Å²) < 4.78 is 0. The summed E-state index contributed by atoms with van der Waals surface area (Å²) in [5.41, 5.74) is 8.76. The second-order valence-electron chi connectivity index (χ2n) is 7.71. The standard InChI is InChI=1S/C22H26N2O2/c23-19-8-9-20-16(14-19)6-7-17(21(20)25)15-24-12-10-22(26,11-13-24)18-4-2-1-3-5-18/h1-5,8-9,14,17,26H,6-7,10-13,15,23H2. The minimum absolute atomic E-state index is 0.0500. The quantitative estimate of drug-likeness (QED) is 0.835. The fourth-order valence-corrected chi connectivity index (χ4v) is 4.37. The zero-order valence-electron chi connectivity index (χ0n) is 15.0. The van der Waals surface area contributed by atoms with Crippen molar-refractivity contribution in [3.8, 4) is 0 Å². The molecule has 3 N–H and O–H groups in total. The molecule has 0 radical (unpaired) electrons. The summed E-state index contributed by atoms with van der Waals surface area (Å²) in [6.45, 7) is 2.43. The predicted molar refractivity (Wildman–Crippen MR) is 103 cm³/mol. The third-order valence-electron chi connectivity index (χ3n) is 6.00. The molecule has 1 heterocycles. The zero-order chi connectivity index (χ0) is 18.1. The van der Waals surface area contributed by atoms with Crippen LogP contribution in [-0.4, -0.2) is 35.4 Å².